The van der Waals surface area contributed by atoms with Gasteiger partial charge < -0.3 is 10.8 Å². The predicted octanol–water partition coefficient (Wildman–Crippen LogP) is 1.32. The molecule has 106 valence electrons. The van der Waals surface area contributed by atoms with Crippen molar-refractivity contribution in [2.24, 2.45) is 5.73 Å². The summed E-state index contributed by atoms with van der Waals surface area (Å²) in [6.07, 6.45) is 0.307. The van der Waals surface area contributed by atoms with Gasteiger partial charge in [-0.15, -0.1) is 5.10 Å². The van der Waals surface area contributed by atoms with Crippen LogP contribution in [0.5, 0.6) is 0 Å². The van der Waals surface area contributed by atoms with E-state index in [1.165, 1.54) is 16.8 Å². The third-order valence-corrected chi connectivity index (χ3v) is 3.20. The van der Waals surface area contributed by atoms with Crippen LogP contribution in [0.15, 0.2) is 18.2 Å². The Labute approximate surface area is 119 Å². The van der Waals surface area contributed by atoms with Crippen LogP contribution in [0.25, 0.3) is 0 Å². The lowest BCUT2D eigenvalue weighted by Gasteiger charge is -2.08. The quantitative estimate of drug-likeness (QED) is 0.868. The number of aromatic carboxylic acids is 1. The van der Waals surface area contributed by atoms with Crippen molar-refractivity contribution in [2.75, 3.05) is 6.54 Å². The lowest BCUT2D eigenvalue weighted by atomic mass is 10.2. The van der Waals surface area contributed by atoms with E-state index in [0.717, 1.165) is 0 Å². The van der Waals surface area contributed by atoms with Gasteiger partial charge in [-0.3, -0.25) is 0 Å². The fraction of sp³-hybridized carbons (Fsp3) is 0.250. The van der Waals surface area contributed by atoms with Crippen LogP contribution in [0.4, 0.5) is 4.39 Å². The van der Waals surface area contributed by atoms with Crippen LogP contribution < -0.4 is 5.73 Å². The van der Waals surface area contributed by atoms with Gasteiger partial charge in [-0.05, 0) is 18.2 Å². The minimum Gasteiger partial charge on any atom is -0.476 e. The third kappa shape index (κ3) is 2.78. The molecule has 0 unspecified atom stereocenters. The molecule has 3 N–H and O–H groups in total. The molecule has 0 spiro atoms. The summed E-state index contributed by atoms with van der Waals surface area (Å²) in [5, 5.41) is 16.4. The number of carboxylic acids is 1. The number of halogens is 2. The number of hydrogen-bond donors (Lipinski definition) is 2. The average molecular weight is 299 g/mol. The van der Waals surface area contributed by atoms with Crippen molar-refractivity contribution in [3.63, 3.8) is 0 Å². The van der Waals surface area contributed by atoms with Crippen molar-refractivity contribution in [1.82, 2.24) is 15.0 Å². The van der Waals surface area contributed by atoms with E-state index in [-0.39, 0.29) is 23.8 Å². The molecule has 0 fully saturated rings. The zero-order chi connectivity index (χ0) is 14.7. The van der Waals surface area contributed by atoms with Gasteiger partial charge in [-0.2, -0.15) is 0 Å². The summed E-state index contributed by atoms with van der Waals surface area (Å²) in [4.78, 5) is 11.0. The summed E-state index contributed by atoms with van der Waals surface area (Å²) in [7, 11) is 0. The van der Waals surface area contributed by atoms with Gasteiger partial charge in [0.2, 0.25) is 0 Å². The highest BCUT2D eigenvalue weighted by Gasteiger charge is 2.19. The van der Waals surface area contributed by atoms with Gasteiger partial charge in [0.1, 0.15) is 5.82 Å². The zero-order valence-corrected chi connectivity index (χ0v) is 11.1. The summed E-state index contributed by atoms with van der Waals surface area (Å²) in [6, 6.07) is 4.41. The number of nitrogens with zero attached hydrogens (tertiary/aromatic N) is 3. The minimum atomic E-state index is -1.18. The van der Waals surface area contributed by atoms with Crippen LogP contribution in [-0.4, -0.2) is 32.6 Å². The molecule has 0 aliphatic rings. The lowest BCUT2D eigenvalue weighted by molar-refractivity contribution is 0.0689. The molecule has 1 aromatic heterocycles. The van der Waals surface area contributed by atoms with Crippen LogP contribution in [0.2, 0.25) is 5.02 Å². The van der Waals surface area contributed by atoms with Crippen LogP contribution in [0.3, 0.4) is 0 Å². The summed E-state index contributed by atoms with van der Waals surface area (Å²) in [5.74, 6) is -1.71. The number of carbonyl (C=O) groups is 1. The molecule has 6 nitrogen and oxygen atoms in total. The smallest absolute Gasteiger partial charge is 0.358 e. The first kappa shape index (κ1) is 14.4. The largest absolute Gasteiger partial charge is 0.476 e. The Bertz CT molecular complexity index is 644. The van der Waals surface area contributed by atoms with Crippen molar-refractivity contribution in [1.29, 1.82) is 0 Å². The first-order chi connectivity index (χ1) is 9.54. The number of benzene rings is 1. The summed E-state index contributed by atoms with van der Waals surface area (Å²) < 4.78 is 14.7. The summed E-state index contributed by atoms with van der Waals surface area (Å²) in [5.41, 5.74) is 6.19. The summed E-state index contributed by atoms with van der Waals surface area (Å²) in [6.45, 7) is 0.386. The second kappa shape index (κ2) is 5.98. The Morgan fingerprint density at radius 1 is 1.50 bits per heavy atom. The van der Waals surface area contributed by atoms with E-state index in [1.54, 1.807) is 6.07 Å². The van der Waals surface area contributed by atoms with Gasteiger partial charge in [0.05, 0.1) is 17.3 Å². The molecule has 0 saturated heterocycles. The monoisotopic (exact) mass is 298 g/mol. The Morgan fingerprint density at radius 3 is 2.90 bits per heavy atom. The van der Waals surface area contributed by atoms with Gasteiger partial charge in [0.25, 0.3) is 0 Å². The van der Waals surface area contributed by atoms with Gasteiger partial charge in [0.15, 0.2) is 5.69 Å². The molecule has 0 saturated carbocycles. The number of carboxylic acid groups (broad SMARTS) is 1. The molecule has 0 bridgehead atoms. The van der Waals surface area contributed by atoms with Gasteiger partial charge in [-0.1, -0.05) is 28.9 Å². The molecular formula is C12H12ClFN4O2. The van der Waals surface area contributed by atoms with Crippen molar-refractivity contribution < 1.29 is 14.3 Å². The second-order valence-electron chi connectivity index (χ2n) is 4.10. The maximum Gasteiger partial charge on any atom is 0.358 e. The standard InChI is InChI=1S/C12H12ClFN4O2/c13-10-7(2-1-3-8(10)14)6-18-9(4-5-15)11(12(19)20)16-17-18/h1-3H,4-6,15H2,(H,19,20). The Morgan fingerprint density at radius 2 is 2.25 bits per heavy atom. The van der Waals surface area contributed by atoms with Crippen molar-refractivity contribution in [3.05, 3.63) is 46.0 Å². The molecule has 1 heterocycles. The fourth-order valence-corrected chi connectivity index (χ4v) is 2.03. The zero-order valence-electron chi connectivity index (χ0n) is 10.4. The highest BCUT2D eigenvalue weighted by molar-refractivity contribution is 6.31. The van der Waals surface area contributed by atoms with Crippen LogP contribution >= 0.6 is 11.6 Å². The summed E-state index contributed by atoms with van der Waals surface area (Å²) >= 11 is 5.86. The topological polar surface area (TPSA) is 94.0 Å². The van der Waals surface area contributed by atoms with Crippen LogP contribution in [0.1, 0.15) is 21.7 Å². The molecule has 1 aromatic carbocycles. The molecule has 8 heteroatoms. The molecule has 0 radical (unpaired) electrons. The van der Waals surface area contributed by atoms with Crippen molar-refractivity contribution in [2.45, 2.75) is 13.0 Å². The van der Waals surface area contributed by atoms with E-state index in [1.807, 2.05) is 0 Å². The Hall–Kier alpha value is -1.99. The molecule has 20 heavy (non-hydrogen) atoms. The molecule has 0 amide bonds. The maximum absolute atomic E-state index is 13.4. The first-order valence-electron chi connectivity index (χ1n) is 5.83. The van der Waals surface area contributed by atoms with E-state index < -0.39 is 11.8 Å². The predicted molar refractivity (Wildman–Crippen MR) is 70.3 cm³/mol. The van der Waals surface area contributed by atoms with E-state index in [0.29, 0.717) is 17.7 Å². The van der Waals surface area contributed by atoms with Gasteiger partial charge in [0, 0.05) is 6.42 Å². The lowest BCUT2D eigenvalue weighted by Crippen LogP contribution is -2.14. The molecule has 0 atom stereocenters. The van der Waals surface area contributed by atoms with E-state index >= 15 is 0 Å². The normalized spacial score (nSPS) is 10.8. The van der Waals surface area contributed by atoms with Crippen LogP contribution in [-0.2, 0) is 13.0 Å². The highest BCUT2D eigenvalue weighted by atomic mass is 35.5. The number of aromatic nitrogens is 3. The Balaban J connectivity index is 2.38. The van der Waals surface area contributed by atoms with Crippen LogP contribution in [0, 0.1) is 5.82 Å². The number of nitrogens with two attached hydrogens (primary N) is 1. The minimum absolute atomic E-state index is 0.0152. The number of rotatable bonds is 5. The number of hydrogen-bond acceptors (Lipinski definition) is 4. The van der Waals surface area contributed by atoms with Crippen molar-refractivity contribution >= 4 is 17.6 Å². The molecular weight excluding hydrogens is 287 g/mol. The van der Waals surface area contributed by atoms with Crippen molar-refractivity contribution in [3.8, 4) is 0 Å². The first-order valence-corrected chi connectivity index (χ1v) is 6.21. The van der Waals surface area contributed by atoms with E-state index in [9.17, 15) is 9.18 Å². The fourth-order valence-electron chi connectivity index (χ4n) is 1.84. The molecule has 0 aliphatic carbocycles. The van der Waals surface area contributed by atoms with Gasteiger partial charge >= 0.3 is 5.97 Å². The highest BCUT2D eigenvalue weighted by Crippen LogP contribution is 2.21. The van der Waals surface area contributed by atoms with Gasteiger partial charge in [-0.25, -0.2) is 13.9 Å². The molecule has 2 aromatic rings. The SMILES string of the molecule is NCCc1c(C(=O)O)nnn1Cc1cccc(F)c1Cl. The molecule has 2 rings (SSSR count). The van der Waals surface area contributed by atoms with E-state index in [4.69, 9.17) is 22.4 Å². The van der Waals surface area contributed by atoms with E-state index in [2.05, 4.69) is 10.3 Å². The Kier molecular flexibility index (Phi) is 4.31. The maximum atomic E-state index is 13.4. The molecule has 0 aliphatic heterocycles. The third-order valence-electron chi connectivity index (χ3n) is 2.77. The second-order valence-corrected chi connectivity index (χ2v) is 4.48. The average Bonchev–Trinajstić information content (AvgIpc) is 2.79.